The lowest BCUT2D eigenvalue weighted by atomic mass is 10.0. The van der Waals surface area contributed by atoms with Crippen LogP contribution >= 0.6 is 0 Å². The fourth-order valence-corrected chi connectivity index (χ4v) is 3.56. The lowest BCUT2D eigenvalue weighted by Gasteiger charge is -2.23. The van der Waals surface area contributed by atoms with Gasteiger partial charge in [0.05, 0.1) is 5.75 Å². The highest BCUT2D eigenvalue weighted by Gasteiger charge is 2.25. The van der Waals surface area contributed by atoms with Crippen molar-refractivity contribution in [2.75, 3.05) is 19.4 Å². The number of nitrogens with zero attached hydrogens (tertiary/aromatic N) is 1. The zero-order chi connectivity index (χ0) is 16.1. The molecule has 5 heteroatoms. The average molecular weight is 309 g/mol. The highest BCUT2D eigenvalue weighted by molar-refractivity contribution is 7.89. The van der Waals surface area contributed by atoms with Gasteiger partial charge in [0.25, 0.3) is 0 Å². The molecular weight excluding hydrogens is 286 g/mol. The van der Waals surface area contributed by atoms with Crippen LogP contribution in [-0.4, -0.2) is 37.2 Å². The van der Waals surface area contributed by atoms with E-state index in [-0.39, 0.29) is 17.8 Å². The van der Waals surface area contributed by atoms with E-state index in [1.54, 1.807) is 7.05 Å². The fraction of sp³-hybridized carbons (Fsp3) is 0.500. The van der Waals surface area contributed by atoms with Crippen LogP contribution in [0.2, 0.25) is 0 Å². The van der Waals surface area contributed by atoms with Crippen LogP contribution in [0.1, 0.15) is 31.9 Å². The Kier molecular flexibility index (Phi) is 5.97. The van der Waals surface area contributed by atoms with Crippen LogP contribution in [-0.2, 0) is 16.6 Å². The highest BCUT2D eigenvalue weighted by Crippen LogP contribution is 2.19. The summed E-state index contributed by atoms with van der Waals surface area (Å²) in [4.78, 5) is 0. The minimum atomic E-state index is -3.29. The molecule has 0 atom stereocenters. The molecule has 0 radical (unpaired) electrons. The number of rotatable bonds is 4. The van der Waals surface area contributed by atoms with E-state index >= 15 is 0 Å². The first-order valence-electron chi connectivity index (χ1n) is 6.77. The van der Waals surface area contributed by atoms with E-state index in [0.29, 0.717) is 6.54 Å². The van der Waals surface area contributed by atoms with Crippen LogP contribution in [0, 0.1) is 17.3 Å². The van der Waals surface area contributed by atoms with E-state index < -0.39 is 10.0 Å². The summed E-state index contributed by atoms with van der Waals surface area (Å²) in [5.74, 6) is 5.51. The summed E-state index contributed by atoms with van der Waals surface area (Å²) < 4.78 is 25.9. The van der Waals surface area contributed by atoms with E-state index in [4.69, 9.17) is 5.11 Å². The average Bonchev–Trinajstić information content (AvgIpc) is 2.34. The number of benzene rings is 1. The molecule has 0 aliphatic carbocycles. The first-order valence-corrected chi connectivity index (χ1v) is 8.38. The molecule has 4 nitrogen and oxygen atoms in total. The third-order valence-electron chi connectivity index (χ3n) is 2.73. The van der Waals surface area contributed by atoms with Crippen molar-refractivity contribution >= 4 is 10.0 Å². The van der Waals surface area contributed by atoms with Gasteiger partial charge in [-0.25, -0.2) is 12.7 Å². The topological polar surface area (TPSA) is 57.6 Å². The number of hydrogen-bond acceptors (Lipinski definition) is 3. The van der Waals surface area contributed by atoms with Crippen molar-refractivity contribution in [1.82, 2.24) is 4.31 Å². The molecule has 0 fully saturated rings. The molecule has 1 rings (SSSR count). The molecule has 0 amide bonds. The minimum absolute atomic E-state index is 0.112. The Bertz CT molecular complexity index is 633. The highest BCUT2D eigenvalue weighted by atomic mass is 32.2. The molecule has 0 spiro atoms. The number of aliphatic hydroxyl groups is 1. The van der Waals surface area contributed by atoms with Gasteiger partial charge in [-0.3, -0.25) is 0 Å². The Morgan fingerprint density at radius 3 is 2.52 bits per heavy atom. The van der Waals surface area contributed by atoms with Crippen molar-refractivity contribution in [3.63, 3.8) is 0 Å². The summed E-state index contributed by atoms with van der Waals surface area (Å²) in [5, 5.41) is 8.70. The largest absolute Gasteiger partial charge is 0.384 e. The quantitative estimate of drug-likeness (QED) is 0.863. The zero-order valence-electron chi connectivity index (χ0n) is 13.0. The Morgan fingerprint density at radius 2 is 1.95 bits per heavy atom. The molecule has 21 heavy (non-hydrogen) atoms. The van der Waals surface area contributed by atoms with Crippen LogP contribution in [0.25, 0.3) is 0 Å². The molecular formula is C16H23NO3S. The van der Waals surface area contributed by atoms with Crippen molar-refractivity contribution in [3.05, 3.63) is 35.4 Å². The van der Waals surface area contributed by atoms with Crippen molar-refractivity contribution in [2.24, 2.45) is 5.41 Å². The molecule has 0 bridgehead atoms. The van der Waals surface area contributed by atoms with E-state index in [1.807, 2.05) is 45.0 Å². The Morgan fingerprint density at radius 1 is 1.29 bits per heavy atom. The van der Waals surface area contributed by atoms with Crippen molar-refractivity contribution in [1.29, 1.82) is 0 Å². The normalized spacial score (nSPS) is 12.1. The maximum Gasteiger partial charge on any atom is 0.214 e. The third-order valence-corrected chi connectivity index (χ3v) is 5.04. The van der Waals surface area contributed by atoms with E-state index in [2.05, 4.69) is 11.8 Å². The maximum absolute atomic E-state index is 12.3. The Labute approximate surface area is 127 Å². The monoisotopic (exact) mass is 309 g/mol. The van der Waals surface area contributed by atoms with Gasteiger partial charge in [0.15, 0.2) is 0 Å². The van der Waals surface area contributed by atoms with Crippen LogP contribution in [0.15, 0.2) is 24.3 Å². The third kappa shape index (κ3) is 6.30. The van der Waals surface area contributed by atoms with Gasteiger partial charge in [0, 0.05) is 19.2 Å². The van der Waals surface area contributed by atoms with E-state index in [9.17, 15) is 8.42 Å². The summed E-state index contributed by atoms with van der Waals surface area (Å²) in [5.41, 5.74) is 1.37. The summed E-state index contributed by atoms with van der Waals surface area (Å²) in [6.07, 6.45) is 0. The van der Waals surface area contributed by atoms with Gasteiger partial charge in [-0.05, 0) is 23.1 Å². The second-order valence-corrected chi connectivity index (χ2v) is 8.31. The Balaban J connectivity index is 2.86. The van der Waals surface area contributed by atoms with Crippen molar-refractivity contribution in [2.45, 2.75) is 27.3 Å². The zero-order valence-corrected chi connectivity index (χ0v) is 13.9. The number of aliphatic hydroxyl groups excluding tert-OH is 1. The number of sulfonamides is 1. The van der Waals surface area contributed by atoms with Gasteiger partial charge in [-0.1, -0.05) is 44.7 Å². The molecule has 0 saturated heterocycles. The van der Waals surface area contributed by atoms with Gasteiger partial charge in [0.2, 0.25) is 10.0 Å². The van der Waals surface area contributed by atoms with Crippen LogP contribution < -0.4 is 0 Å². The van der Waals surface area contributed by atoms with Gasteiger partial charge in [-0.2, -0.15) is 0 Å². The first kappa shape index (κ1) is 17.7. The summed E-state index contributed by atoms with van der Waals surface area (Å²) in [6, 6.07) is 7.37. The molecule has 0 aliphatic rings. The lowest BCUT2D eigenvalue weighted by Crippen LogP contribution is -2.33. The molecule has 116 valence electrons. The maximum atomic E-state index is 12.3. The molecule has 0 unspecified atom stereocenters. The smallest absolute Gasteiger partial charge is 0.214 e. The number of hydrogen-bond donors (Lipinski definition) is 1. The molecule has 1 aromatic rings. The molecule has 0 heterocycles. The molecule has 0 aromatic heterocycles. The lowest BCUT2D eigenvalue weighted by molar-refractivity contribution is 0.350. The Hall–Kier alpha value is -1.35. The van der Waals surface area contributed by atoms with E-state index in [1.165, 1.54) is 4.31 Å². The first-order chi connectivity index (χ1) is 9.64. The van der Waals surface area contributed by atoms with Crippen molar-refractivity contribution < 1.29 is 13.5 Å². The van der Waals surface area contributed by atoms with Crippen LogP contribution in [0.3, 0.4) is 0 Å². The standard InChI is InChI=1S/C16H23NO3S/c1-16(2,3)13-21(19,20)17(4)12-15-8-5-7-14(11-15)9-6-10-18/h5,7-8,11,18H,10,12-13H2,1-4H3. The predicted molar refractivity (Wildman–Crippen MR) is 85.1 cm³/mol. The summed E-state index contributed by atoms with van der Waals surface area (Å²) in [6.45, 7) is 5.84. The van der Waals surface area contributed by atoms with Gasteiger partial charge in [-0.15, -0.1) is 0 Å². The minimum Gasteiger partial charge on any atom is -0.384 e. The summed E-state index contributed by atoms with van der Waals surface area (Å²) >= 11 is 0. The predicted octanol–water partition coefficient (Wildman–Crippen LogP) is 1.84. The van der Waals surface area contributed by atoms with E-state index in [0.717, 1.165) is 11.1 Å². The van der Waals surface area contributed by atoms with Crippen LogP contribution in [0.5, 0.6) is 0 Å². The second-order valence-electron chi connectivity index (χ2n) is 6.23. The SMILES string of the molecule is CN(Cc1cccc(C#CCO)c1)S(=O)(=O)CC(C)(C)C. The second kappa shape index (κ2) is 7.08. The van der Waals surface area contributed by atoms with Gasteiger partial charge < -0.3 is 5.11 Å². The van der Waals surface area contributed by atoms with Gasteiger partial charge in [0.1, 0.15) is 6.61 Å². The molecule has 0 saturated carbocycles. The van der Waals surface area contributed by atoms with Crippen molar-refractivity contribution in [3.8, 4) is 11.8 Å². The fourth-order valence-electron chi connectivity index (χ4n) is 1.90. The van der Waals surface area contributed by atoms with Crippen LogP contribution in [0.4, 0.5) is 0 Å². The summed E-state index contributed by atoms with van der Waals surface area (Å²) in [7, 11) is -1.70. The van der Waals surface area contributed by atoms with Gasteiger partial charge >= 0.3 is 0 Å². The molecule has 1 N–H and O–H groups in total. The molecule has 1 aromatic carbocycles. The molecule has 0 aliphatic heterocycles.